The number of rotatable bonds is 3. The fourth-order valence-corrected chi connectivity index (χ4v) is 1.29. The molecule has 1 aliphatic rings. The highest BCUT2D eigenvalue weighted by molar-refractivity contribution is 5.80. The lowest BCUT2D eigenvalue weighted by molar-refractivity contribution is 0.0855. The molecule has 64 valence electrons. The molecule has 1 aliphatic carbocycles. The maximum absolute atomic E-state index is 8.19. The van der Waals surface area contributed by atoms with Gasteiger partial charge in [0.25, 0.3) is 0 Å². The van der Waals surface area contributed by atoms with Gasteiger partial charge in [-0.25, -0.2) is 0 Å². The second kappa shape index (κ2) is 4.18. The minimum absolute atomic E-state index is 0.150. The molecule has 4 heteroatoms. The van der Waals surface area contributed by atoms with E-state index in [-0.39, 0.29) is 12.4 Å². The number of oxime groups is 1. The molecular formula is C7H14N2O2. The molecule has 0 aromatic heterocycles. The normalized spacial score (nSPS) is 20.9. The largest absolute Gasteiger partial charge is 0.409 e. The zero-order chi connectivity index (χ0) is 8.10. The van der Waals surface area contributed by atoms with Gasteiger partial charge in [-0.05, 0) is 12.8 Å². The highest BCUT2D eigenvalue weighted by Gasteiger charge is 2.15. The predicted octanol–water partition coefficient (Wildman–Crippen LogP) is 0.692. The third-order valence-corrected chi connectivity index (χ3v) is 1.90. The van der Waals surface area contributed by atoms with E-state index in [2.05, 4.69) is 5.16 Å². The fraction of sp³-hybridized carbons (Fsp3) is 0.857. The predicted molar refractivity (Wildman–Crippen MR) is 41.6 cm³/mol. The van der Waals surface area contributed by atoms with Gasteiger partial charge >= 0.3 is 0 Å². The summed E-state index contributed by atoms with van der Waals surface area (Å²) in [6.45, 7) is 0.251. The third kappa shape index (κ3) is 2.76. The van der Waals surface area contributed by atoms with Gasteiger partial charge in [0.2, 0.25) is 0 Å². The molecule has 3 N–H and O–H groups in total. The first-order valence-electron chi connectivity index (χ1n) is 3.91. The zero-order valence-electron chi connectivity index (χ0n) is 6.49. The standard InChI is InChI=1S/C7H14N2O2/c8-7(9-10)5-11-6-3-1-2-4-6/h6,10H,1-5H2,(H2,8,9). The van der Waals surface area contributed by atoms with E-state index in [9.17, 15) is 0 Å². The quantitative estimate of drug-likeness (QED) is 0.275. The van der Waals surface area contributed by atoms with Crippen LogP contribution in [0.15, 0.2) is 5.16 Å². The number of amidine groups is 1. The van der Waals surface area contributed by atoms with Crippen molar-refractivity contribution in [2.75, 3.05) is 6.61 Å². The van der Waals surface area contributed by atoms with Crippen molar-refractivity contribution in [3.8, 4) is 0 Å². The zero-order valence-corrected chi connectivity index (χ0v) is 6.49. The number of nitrogens with two attached hydrogens (primary N) is 1. The molecule has 0 radical (unpaired) electrons. The average Bonchev–Trinajstić information content (AvgIpc) is 2.52. The first kappa shape index (κ1) is 8.33. The second-order valence-electron chi connectivity index (χ2n) is 2.81. The first-order chi connectivity index (χ1) is 5.33. The molecule has 0 amide bonds. The minimum Gasteiger partial charge on any atom is -0.409 e. The molecule has 0 heterocycles. The summed E-state index contributed by atoms with van der Waals surface area (Å²) >= 11 is 0. The molecule has 0 unspecified atom stereocenters. The van der Waals surface area contributed by atoms with Crippen molar-refractivity contribution < 1.29 is 9.94 Å². The van der Waals surface area contributed by atoms with E-state index in [4.69, 9.17) is 15.7 Å². The van der Waals surface area contributed by atoms with E-state index in [1.165, 1.54) is 12.8 Å². The maximum atomic E-state index is 8.19. The van der Waals surface area contributed by atoms with Gasteiger partial charge in [-0.2, -0.15) is 0 Å². The highest BCUT2D eigenvalue weighted by Crippen LogP contribution is 2.20. The van der Waals surface area contributed by atoms with Crippen LogP contribution in [0, 0.1) is 0 Å². The lowest BCUT2D eigenvalue weighted by Crippen LogP contribution is -2.22. The number of hydrogen-bond donors (Lipinski definition) is 2. The van der Waals surface area contributed by atoms with Crippen LogP contribution in [0.5, 0.6) is 0 Å². The lowest BCUT2D eigenvalue weighted by atomic mass is 10.3. The van der Waals surface area contributed by atoms with E-state index in [0.29, 0.717) is 6.10 Å². The molecular weight excluding hydrogens is 144 g/mol. The number of nitrogens with zero attached hydrogens (tertiary/aromatic N) is 1. The number of ether oxygens (including phenoxy) is 1. The van der Waals surface area contributed by atoms with Gasteiger partial charge in [0.05, 0.1) is 6.10 Å². The van der Waals surface area contributed by atoms with E-state index in [0.717, 1.165) is 12.8 Å². The molecule has 1 fully saturated rings. The van der Waals surface area contributed by atoms with Crippen molar-refractivity contribution in [1.29, 1.82) is 0 Å². The van der Waals surface area contributed by atoms with Crippen molar-refractivity contribution in [3.63, 3.8) is 0 Å². The smallest absolute Gasteiger partial charge is 0.165 e. The van der Waals surface area contributed by atoms with Gasteiger partial charge in [0.1, 0.15) is 6.61 Å². The topological polar surface area (TPSA) is 67.8 Å². The van der Waals surface area contributed by atoms with Crippen LogP contribution >= 0.6 is 0 Å². The van der Waals surface area contributed by atoms with Gasteiger partial charge in [-0.3, -0.25) is 0 Å². The summed E-state index contributed by atoms with van der Waals surface area (Å²) in [5.74, 6) is 0.150. The van der Waals surface area contributed by atoms with Crippen LogP contribution in [0.25, 0.3) is 0 Å². The van der Waals surface area contributed by atoms with Crippen LogP contribution in [0.2, 0.25) is 0 Å². The van der Waals surface area contributed by atoms with Crippen LogP contribution in [0.4, 0.5) is 0 Å². The van der Waals surface area contributed by atoms with Crippen molar-refractivity contribution in [2.45, 2.75) is 31.8 Å². The Labute approximate surface area is 66.0 Å². The molecule has 0 spiro atoms. The molecule has 0 saturated heterocycles. The lowest BCUT2D eigenvalue weighted by Gasteiger charge is -2.08. The Morgan fingerprint density at radius 2 is 2.18 bits per heavy atom. The summed E-state index contributed by atoms with van der Waals surface area (Å²) in [7, 11) is 0. The Bertz CT molecular complexity index is 141. The van der Waals surface area contributed by atoms with E-state index in [1.807, 2.05) is 0 Å². The van der Waals surface area contributed by atoms with Crippen LogP contribution in [0.1, 0.15) is 25.7 Å². The Hall–Kier alpha value is -0.770. The van der Waals surface area contributed by atoms with Gasteiger partial charge in [-0.1, -0.05) is 18.0 Å². The Kier molecular flexibility index (Phi) is 3.16. The molecule has 4 nitrogen and oxygen atoms in total. The van der Waals surface area contributed by atoms with Crippen molar-refractivity contribution in [2.24, 2.45) is 10.9 Å². The van der Waals surface area contributed by atoms with Gasteiger partial charge in [-0.15, -0.1) is 0 Å². The Morgan fingerprint density at radius 3 is 2.73 bits per heavy atom. The van der Waals surface area contributed by atoms with E-state index >= 15 is 0 Å². The third-order valence-electron chi connectivity index (χ3n) is 1.90. The van der Waals surface area contributed by atoms with E-state index in [1.54, 1.807) is 0 Å². The summed E-state index contributed by atoms with van der Waals surface area (Å²) in [5, 5.41) is 11.0. The first-order valence-corrected chi connectivity index (χ1v) is 3.91. The molecule has 0 atom stereocenters. The second-order valence-corrected chi connectivity index (χ2v) is 2.81. The molecule has 0 aromatic rings. The van der Waals surface area contributed by atoms with Crippen LogP contribution < -0.4 is 5.73 Å². The van der Waals surface area contributed by atoms with Crippen molar-refractivity contribution >= 4 is 5.84 Å². The molecule has 1 saturated carbocycles. The molecule has 0 aliphatic heterocycles. The van der Waals surface area contributed by atoms with Gasteiger partial charge < -0.3 is 15.7 Å². The fourth-order valence-electron chi connectivity index (χ4n) is 1.29. The molecule has 1 rings (SSSR count). The summed E-state index contributed by atoms with van der Waals surface area (Å²) in [6, 6.07) is 0. The molecule has 11 heavy (non-hydrogen) atoms. The minimum atomic E-state index is 0.150. The summed E-state index contributed by atoms with van der Waals surface area (Å²) in [6.07, 6.45) is 5.02. The van der Waals surface area contributed by atoms with Gasteiger partial charge in [0.15, 0.2) is 5.84 Å². The SMILES string of the molecule is N/C(COC1CCCC1)=N\O. The highest BCUT2D eigenvalue weighted by atomic mass is 16.5. The van der Waals surface area contributed by atoms with Crippen LogP contribution in [0.3, 0.4) is 0 Å². The van der Waals surface area contributed by atoms with Crippen molar-refractivity contribution in [3.05, 3.63) is 0 Å². The summed E-state index contributed by atoms with van der Waals surface area (Å²) < 4.78 is 5.34. The average molecular weight is 158 g/mol. The van der Waals surface area contributed by atoms with Gasteiger partial charge in [0, 0.05) is 0 Å². The van der Waals surface area contributed by atoms with Crippen molar-refractivity contribution in [1.82, 2.24) is 0 Å². The van der Waals surface area contributed by atoms with E-state index < -0.39 is 0 Å². The summed E-state index contributed by atoms with van der Waals surface area (Å²) in [4.78, 5) is 0. The Balaban J connectivity index is 2.11. The van der Waals surface area contributed by atoms with Crippen LogP contribution in [-0.2, 0) is 4.74 Å². The summed E-state index contributed by atoms with van der Waals surface area (Å²) in [5.41, 5.74) is 5.23. The number of hydrogen-bond acceptors (Lipinski definition) is 3. The molecule has 0 bridgehead atoms. The Morgan fingerprint density at radius 1 is 1.55 bits per heavy atom. The van der Waals surface area contributed by atoms with Crippen LogP contribution in [-0.4, -0.2) is 23.8 Å². The molecule has 0 aromatic carbocycles. The maximum Gasteiger partial charge on any atom is 0.165 e. The monoisotopic (exact) mass is 158 g/mol.